The van der Waals surface area contributed by atoms with E-state index in [0.29, 0.717) is 23.5 Å². The molecule has 2 aromatic carbocycles. The maximum atomic E-state index is 13.2. The molecule has 1 aliphatic rings. The molecule has 142 valence electrons. The van der Waals surface area contributed by atoms with Crippen molar-refractivity contribution in [1.82, 2.24) is 15.1 Å². The second kappa shape index (κ2) is 7.56. The molecular weight excluding hydrogens is 356 g/mol. The molecule has 0 saturated heterocycles. The SMILES string of the molecule is CNC(=O)C1CN(C(=O)c2ccc(Cn3cccn3)cc2)c2ccccc2O1. The van der Waals surface area contributed by atoms with Crippen LogP contribution in [0.5, 0.6) is 5.75 Å². The lowest BCUT2D eigenvalue weighted by atomic mass is 10.1. The summed E-state index contributed by atoms with van der Waals surface area (Å²) in [6.45, 7) is 0.797. The Bertz CT molecular complexity index is 983. The predicted octanol–water partition coefficient (Wildman–Crippen LogP) is 2.09. The minimum Gasteiger partial charge on any atom is -0.477 e. The molecule has 7 nitrogen and oxygen atoms in total. The van der Waals surface area contributed by atoms with Crippen molar-refractivity contribution in [3.63, 3.8) is 0 Å². The number of carbonyl (C=O) groups excluding carboxylic acids is 2. The van der Waals surface area contributed by atoms with Gasteiger partial charge >= 0.3 is 0 Å². The van der Waals surface area contributed by atoms with Crippen LogP contribution in [0.1, 0.15) is 15.9 Å². The highest BCUT2D eigenvalue weighted by atomic mass is 16.5. The van der Waals surface area contributed by atoms with Gasteiger partial charge in [0.15, 0.2) is 6.10 Å². The van der Waals surface area contributed by atoms with Crippen LogP contribution in [0.4, 0.5) is 5.69 Å². The van der Waals surface area contributed by atoms with E-state index in [0.717, 1.165) is 5.56 Å². The van der Waals surface area contributed by atoms with E-state index in [1.165, 1.54) is 0 Å². The summed E-state index contributed by atoms with van der Waals surface area (Å²) >= 11 is 0. The standard InChI is InChI=1S/C21H20N4O3/c1-22-20(26)19-14-25(17-5-2-3-6-18(17)28-19)21(27)16-9-7-15(8-10-16)13-24-12-4-11-23-24/h2-12,19H,13-14H2,1H3,(H,22,26). The van der Waals surface area contributed by atoms with Crippen molar-refractivity contribution in [1.29, 1.82) is 0 Å². The zero-order chi connectivity index (χ0) is 19.5. The van der Waals surface area contributed by atoms with Gasteiger partial charge in [-0.3, -0.25) is 14.3 Å². The van der Waals surface area contributed by atoms with Gasteiger partial charge in [0, 0.05) is 25.0 Å². The molecule has 1 unspecified atom stereocenters. The Balaban J connectivity index is 1.58. The average molecular weight is 376 g/mol. The van der Waals surface area contributed by atoms with Crippen LogP contribution in [0.3, 0.4) is 0 Å². The number of aromatic nitrogens is 2. The fraction of sp³-hybridized carbons (Fsp3) is 0.190. The first kappa shape index (κ1) is 17.8. The van der Waals surface area contributed by atoms with Gasteiger partial charge in [0.1, 0.15) is 5.75 Å². The van der Waals surface area contributed by atoms with Crippen LogP contribution >= 0.6 is 0 Å². The Labute approximate surface area is 162 Å². The smallest absolute Gasteiger partial charge is 0.262 e. The van der Waals surface area contributed by atoms with E-state index in [2.05, 4.69) is 10.4 Å². The summed E-state index contributed by atoms with van der Waals surface area (Å²) in [5.41, 5.74) is 2.26. The number of hydrogen-bond donors (Lipinski definition) is 1. The molecule has 2 amide bonds. The largest absolute Gasteiger partial charge is 0.477 e. The number of para-hydroxylation sites is 2. The molecule has 0 radical (unpaired) electrons. The number of likely N-dealkylation sites (N-methyl/N-ethyl adjacent to an activating group) is 1. The molecule has 2 heterocycles. The van der Waals surface area contributed by atoms with Crippen LogP contribution in [0.15, 0.2) is 67.0 Å². The Hall–Kier alpha value is -3.61. The first-order valence-electron chi connectivity index (χ1n) is 9.01. The van der Waals surface area contributed by atoms with Crippen molar-refractivity contribution < 1.29 is 14.3 Å². The number of hydrogen-bond acceptors (Lipinski definition) is 4. The average Bonchev–Trinajstić information content (AvgIpc) is 3.25. The van der Waals surface area contributed by atoms with E-state index in [1.807, 2.05) is 47.3 Å². The van der Waals surface area contributed by atoms with Crippen LogP contribution in [0.25, 0.3) is 0 Å². The maximum absolute atomic E-state index is 13.2. The molecule has 7 heteroatoms. The Morgan fingerprint density at radius 1 is 1.14 bits per heavy atom. The van der Waals surface area contributed by atoms with Crippen LogP contribution < -0.4 is 15.0 Å². The molecular formula is C21H20N4O3. The number of anilines is 1. The zero-order valence-electron chi connectivity index (χ0n) is 15.4. The van der Waals surface area contributed by atoms with Crippen LogP contribution in [-0.4, -0.2) is 41.3 Å². The molecule has 0 spiro atoms. The second-order valence-electron chi connectivity index (χ2n) is 6.50. The molecule has 4 rings (SSSR count). The van der Waals surface area contributed by atoms with Crippen molar-refractivity contribution in [3.8, 4) is 5.75 Å². The highest BCUT2D eigenvalue weighted by Gasteiger charge is 2.33. The maximum Gasteiger partial charge on any atom is 0.262 e. The van der Waals surface area contributed by atoms with Crippen molar-refractivity contribution >= 4 is 17.5 Å². The van der Waals surface area contributed by atoms with Crippen molar-refractivity contribution in [2.45, 2.75) is 12.6 Å². The van der Waals surface area contributed by atoms with Gasteiger partial charge in [0.25, 0.3) is 11.8 Å². The monoisotopic (exact) mass is 376 g/mol. The number of ether oxygens (including phenoxy) is 1. The number of fused-ring (bicyclic) bond motifs is 1. The van der Waals surface area contributed by atoms with E-state index in [-0.39, 0.29) is 18.4 Å². The Kier molecular flexibility index (Phi) is 4.80. The minimum atomic E-state index is -0.747. The van der Waals surface area contributed by atoms with Gasteiger partial charge in [-0.15, -0.1) is 0 Å². The van der Waals surface area contributed by atoms with E-state index in [9.17, 15) is 9.59 Å². The molecule has 0 bridgehead atoms. The molecule has 1 aliphatic heterocycles. The molecule has 1 N–H and O–H groups in total. The normalized spacial score (nSPS) is 15.5. The molecule has 0 aliphatic carbocycles. The number of nitrogens with zero attached hydrogens (tertiary/aromatic N) is 3. The minimum absolute atomic E-state index is 0.157. The summed E-state index contributed by atoms with van der Waals surface area (Å²) in [7, 11) is 1.55. The van der Waals surface area contributed by atoms with Crippen LogP contribution in [0, 0.1) is 0 Å². The van der Waals surface area contributed by atoms with Gasteiger partial charge < -0.3 is 15.0 Å². The lowest BCUT2D eigenvalue weighted by Crippen LogP contribution is -2.50. The van der Waals surface area contributed by atoms with Gasteiger partial charge in [-0.2, -0.15) is 5.10 Å². The summed E-state index contributed by atoms with van der Waals surface area (Å²) in [4.78, 5) is 26.9. The summed E-state index contributed by atoms with van der Waals surface area (Å²) in [5.74, 6) is 0.0863. The number of amides is 2. The number of carbonyl (C=O) groups is 2. The highest BCUT2D eigenvalue weighted by Crippen LogP contribution is 2.34. The topological polar surface area (TPSA) is 76.5 Å². The van der Waals surface area contributed by atoms with Crippen molar-refractivity contribution in [2.24, 2.45) is 0 Å². The zero-order valence-corrected chi connectivity index (χ0v) is 15.4. The number of nitrogens with one attached hydrogen (secondary N) is 1. The van der Waals surface area contributed by atoms with Gasteiger partial charge in [0.2, 0.25) is 0 Å². The molecule has 0 saturated carbocycles. The molecule has 0 fully saturated rings. The third-order valence-corrected chi connectivity index (χ3v) is 4.66. The number of benzene rings is 2. The van der Waals surface area contributed by atoms with E-state index in [4.69, 9.17) is 4.74 Å². The summed E-state index contributed by atoms with van der Waals surface area (Å²) in [5, 5.41) is 6.77. The molecule has 3 aromatic rings. The van der Waals surface area contributed by atoms with Gasteiger partial charge in [0.05, 0.1) is 18.8 Å². The summed E-state index contributed by atoms with van der Waals surface area (Å²) < 4.78 is 7.59. The lowest BCUT2D eigenvalue weighted by Gasteiger charge is -2.34. The molecule has 28 heavy (non-hydrogen) atoms. The first-order valence-corrected chi connectivity index (χ1v) is 9.01. The van der Waals surface area contributed by atoms with Gasteiger partial charge in [-0.25, -0.2) is 0 Å². The van der Waals surface area contributed by atoms with Crippen LogP contribution in [-0.2, 0) is 11.3 Å². The lowest BCUT2D eigenvalue weighted by molar-refractivity contribution is -0.127. The predicted molar refractivity (Wildman–Crippen MR) is 104 cm³/mol. The van der Waals surface area contributed by atoms with E-state index in [1.54, 1.807) is 36.3 Å². The van der Waals surface area contributed by atoms with Gasteiger partial charge in [-0.05, 0) is 35.9 Å². The van der Waals surface area contributed by atoms with E-state index < -0.39 is 6.10 Å². The van der Waals surface area contributed by atoms with E-state index >= 15 is 0 Å². The fourth-order valence-corrected chi connectivity index (χ4v) is 3.21. The Morgan fingerprint density at radius 3 is 2.64 bits per heavy atom. The van der Waals surface area contributed by atoms with Crippen molar-refractivity contribution in [3.05, 3.63) is 78.1 Å². The highest BCUT2D eigenvalue weighted by molar-refractivity contribution is 6.07. The van der Waals surface area contributed by atoms with Crippen molar-refractivity contribution in [2.75, 3.05) is 18.5 Å². The quantitative estimate of drug-likeness (QED) is 0.756. The van der Waals surface area contributed by atoms with Gasteiger partial charge in [-0.1, -0.05) is 24.3 Å². The molecule has 1 atom stereocenters. The van der Waals surface area contributed by atoms with Crippen LogP contribution in [0.2, 0.25) is 0 Å². The number of rotatable bonds is 4. The summed E-state index contributed by atoms with van der Waals surface area (Å²) in [6.07, 6.45) is 2.88. The Morgan fingerprint density at radius 2 is 1.93 bits per heavy atom. The summed E-state index contributed by atoms with van der Waals surface area (Å²) in [6, 6.07) is 16.5. The second-order valence-corrected chi connectivity index (χ2v) is 6.50. The third-order valence-electron chi connectivity index (χ3n) is 4.66. The molecule has 1 aromatic heterocycles. The third kappa shape index (κ3) is 3.46. The first-order chi connectivity index (χ1) is 13.7. The fourth-order valence-electron chi connectivity index (χ4n) is 3.21.